The van der Waals surface area contributed by atoms with Crippen LogP contribution in [0.3, 0.4) is 0 Å². The molecule has 14 atom stereocenters. The van der Waals surface area contributed by atoms with Crippen molar-refractivity contribution in [3.8, 4) is 6.07 Å². The summed E-state index contributed by atoms with van der Waals surface area (Å²) in [5.74, 6) is -3.11. The third-order valence-corrected chi connectivity index (χ3v) is 12.7. The number of nitrogens with one attached hydrogen (secondary N) is 1. The zero-order valence-corrected chi connectivity index (χ0v) is 37.9. The van der Waals surface area contributed by atoms with Gasteiger partial charge in [-0.05, 0) is 98.5 Å². The number of esters is 1. The molecule has 336 valence electrons. The minimum Gasteiger partial charge on any atom is -0.459 e. The smallest absolute Gasteiger partial charge is 0.321 e. The summed E-state index contributed by atoms with van der Waals surface area (Å²) < 4.78 is 18.5. The summed E-state index contributed by atoms with van der Waals surface area (Å²) in [6.07, 6.45) is -6.35. The first kappa shape index (κ1) is 51.0. The van der Waals surface area contributed by atoms with Gasteiger partial charge >= 0.3 is 12.0 Å². The SMILES string of the molecule is CC[C@H]1OC(=O)[C@H](C)[C@@H](O)[C@H](C)[C@@H](O[C@@H]2O[C@H](C)C[C@H](N(C)C)[C@H]2O)[C@](C)(O)C[C@@H](C)CN(CCCN(CCC#N)C(=O)Nc2ccc(Cl)cc2Cl)[C@H](C)[C@@H](O)[C@]1(C)O. The Balaban J connectivity index is 1.99. The number of aliphatic hydroxyl groups excluding tert-OH is 3. The average molecular weight is 875 g/mol. The number of aliphatic hydroxyl groups is 5. The number of amides is 2. The third kappa shape index (κ3) is 13.3. The molecule has 17 heteroatoms. The fourth-order valence-corrected chi connectivity index (χ4v) is 9.10. The monoisotopic (exact) mass is 873 g/mol. The standard InChI is InChI=1S/C42H69Cl2N5O10/c1-11-33-42(8,56)36(52)28(6)49(19-13-18-48(17-12-16-45)40(54)46-31-15-14-29(43)21-30(31)44)23-24(2)22-41(7,55)37(26(4)34(50)27(5)38(53)58-33)59-39-35(51)32(47(9)10)20-25(3)57-39/h14-15,21,24-28,32-37,39,50-52,55-56H,11-13,17-20,22-23H2,1-10H3,(H,46,54)/t24-,25-,26+,27-,28-,32+,33-,34+,35-,36-,37-,39+,41-,42-/m1/s1. The van der Waals surface area contributed by atoms with Crippen molar-refractivity contribution >= 4 is 40.9 Å². The van der Waals surface area contributed by atoms with Gasteiger partial charge in [-0.25, -0.2) is 4.79 Å². The van der Waals surface area contributed by atoms with Gasteiger partial charge in [-0.1, -0.05) is 44.0 Å². The first-order valence-corrected chi connectivity index (χ1v) is 21.5. The van der Waals surface area contributed by atoms with E-state index in [1.165, 1.54) is 24.8 Å². The van der Waals surface area contributed by atoms with E-state index in [9.17, 15) is 40.4 Å². The molecule has 2 fully saturated rings. The first-order chi connectivity index (χ1) is 27.5. The quantitative estimate of drug-likeness (QED) is 0.170. The number of anilines is 1. The van der Waals surface area contributed by atoms with Gasteiger partial charge in [-0.2, -0.15) is 5.26 Å². The van der Waals surface area contributed by atoms with Gasteiger partial charge in [0.15, 0.2) is 6.29 Å². The van der Waals surface area contributed by atoms with E-state index in [2.05, 4.69) is 11.4 Å². The molecule has 3 rings (SSSR count). The lowest BCUT2D eigenvalue weighted by Crippen LogP contribution is -2.59. The first-order valence-electron chi connectivity index (χ1n) is 20.7. The van der Waals surface area contributed by atoms with Crippen molar-refractivity contribution in [2.75, 3.05) is 45.6 Å². The Labute approximate surface area is 360 Å². The van der Waals surface area contributed by atoms with Crippen LogP contribution in [0.5, 0.6) is 0 Å². The van der Waals surface area contributed by atoms with Crippen molar-refractivity contribution in [1.29, 1.82) is 5.26 Å². The maximum atomic E-state index is 13.7. The van der Waals surface area contributed by atoms with Gasteiger partial charge < -0.3 is 54.9 Å². The predicted molar refractivity (Wildman–Crippen MR) is 226 cm³/mol. The van der Waals surface area contributed by atoms with Crippen LogP contribution in [0.25, 0.3) is 0 Å². The van der Waals surface area contributed by atoms with Crippen LogP contribution in [-0.2, 0) is 19.0 Å². The molecule has 0 radical (unpaired) electrons. The summed E-state index contributed by atoms with van der Waals surface area (Å²) in [5.41, 5.74) is -3.22. The second-order valence-electron chi connectivity index (χ2n) is 17.5. The molecular weight excluding hydrogens is 805 g/mol. The van der Waals surface area contributed by atoms with Crippen LogP contribution in [0.4, 0.5) is 10.5 Å². The predicted octanol–water partition coefficient (Wildman–Crippen LogP) is 4.49. The molecule has 2 saturated heterocycles. The molecule has 0 bridgehead atoms. The summed E-state index contributed by atoms with van der Waals surface area (Å²) in [6.45, 7) is 14.4. The lowest BCUT2D eigenvalue weighted by Gasteiger charge is -2.46. The van der Waals surface area contributed by atoms with E-state index in [1.54, 1.807) is 39.8 Å². The van der Waals surface area contributed by atoms with E-state index in [0.717, 1.165) is 0 Å². The Morgan fingerprint density at radius 3 is 2.34 bits per heavy atom. The minimum absolute atomic E-state index is 0.0827. The van der Waals surface area contributed by atoms with Gasteiger partial charge in [0.25, 0.3) is 0 Å². The maximum Gasteiger partial charge on any atom is 0.321 e. The average Bonchev–Trinajstić information content (AvgIpc) is 3.16. The van der Waals surface area contributed by atoms with E-state index >= 15 is 0 Å². The molecule has 0 saturated carbocycles. The number of halogens is 2. The number of nitriles is 1. The molecule has 1 aromatic rings. The highest BCUT2D eigenvalue weighted by molar-refractivity contribution is 6.36. The van der Waals surface area contributed by atoms with Crippen molar-refractivity contribution in [2.24, 2.45) is 17.8 Å². The molecule has 15 nitrogen and oxygen atoms in total. The number of carbonyl (C=O) groups is 2. The van der Waals surface area contributed by atoms with Crippen LogP contribution >= 0.6 is 23.2 Å². The van der Waals surface area contributed by atoms with E-state index in [-0.39, 0.29) is 55.4 Å². The fraction of sp³-hybridized carbons (Fsp3) is 0.786. The van der Waals surface area contributed by atoms with E-state index in [1.807, 2.05) is 37.7 Å². The number of urea groups is 1. The van der Waals surface area contributed by atoms with Crippen LogP contribution in [0.2, 0.25) is 10.0 Å². The fourth-order valence-electron chi connectivity index (χ4n) is 8.65. The number of ether oxygens (including phenoxy) is 3. The number of nitrogens with zero attached hydrogens (tertiary/aromatic N) is 4. The summed E-state index contributed by atoms with van der Waals surface area (Å²) in [4.78, 5) is 32.5. The number of cyclic esters (lactones) is 1. The molecule has 0 aromatic heterocycles. The second kappa shape index (κ2) is 22.2. The molecule has 59 heavy (non-hydrogen) atoms. The number of hydrogen-bond donors (Lipinski definition) is 6. The molecular formula is C42H69Cl2N5O10. The Bertz CT molecular complexity index is 1570. The van der Waals surface area contributed by atoms with Gasteiger partial charge in [-0.3, -0.25) is 9.69 Å². The molecule has 2 heterocycles. The van der Waals surface area contributed by atoms with Gasteiger partial charge in [0.2, 0.25) is 0 Å². The number of hydrogen-bond acceptors (Lipinski definition) is 13. The maximum absolute atomic E-state index is 13.7. The van der Waals surface area contributed by atoms with Crippen LogP contribution < -0.4 is 5.32 Å². The summed E-state index contributed by atoms with van der Waals surface area (Å²) in [6, 6.07) is 5.28. The third-order valence-electron chi connectivity index (χ3n) is 12.1. The zero-order valence-electron chi connectivity index (χ0n) is 36.3. The van der Waals surface area contributed by atoms with Crippen LogP contribution in [0.1, 0.15) is 87.5 Å². The highest BCUT2D eigenvalue weighted by atomic mass is 35.5. The topological polar surface area (TPSA) is 209 Å². The lowest BCUT2D eigenvalue weighted by molar-refractivity contribution is -0.299. The number of rotatable bonds is 11. The molecule has 0 unspecified atom stereocenters. The van der Waals surface area contributed by atoms with Gasteiger partial charge in [0.05, 0.1) is 53.0 Å². The van der Waals surface area contributed by atoms with Gasteiger partial charge in [-0.15, -0.1) is 0 Å². The molecule has 0 aliphatic carbocycles. The number of likely N-dealkylation sites (N-methyl/N-ethyl adjacent to an activating group) is 1. The summed E-state index contributed by atoms with van der Waals surface area (Å²) in [7, 11) is 3.70. The molecule has 2 aliphatic rings. The summed E-state index contributed by atoms with van der Waals surface area (Å²) in [5, 5.41) is 72.1. The molecule has 0 spiro atoms. The Kier molecular flexibility index (Phi) is 19.2. The highest BCUT2D eigenvalue weighted by Crippen LogP contribution is 2.37. The van der Waals surface area contributed by atoms with Crippen molar-refractivity contribution in [3.63, 3.8) is 0 Å². The normalized spacial score (nSPS) is 36.9. The highest BCUT2D eigenvalue weighted by Gasteiger charge is 2.50. The molecule has 2 aliphatic heterocycles. The van der Waals surface area contributed by atoms with Gasteiger partial charge in [0, 0.05) is 49.2 Å². The Morgan fingerprint density at radius 2 is 1.75 bits per heavy atom. The van der Waals surface area contributed by atoms with Crippen molar-refractivity contribution < 1.29 is 49.3 Å². The van der Waals surface area contributed by atoms with E-state index in [0.29, 0.717) is 36.6 Å². The second-order valence-corrected chi connectivity index (χ2v) is 18.3. The molecule has 2 amide bonds. The van der Waals surface area contributed by atoms with Crippen LogP contribution in [0, 0.1) is 29.1 Å². The van der Waals surface area contributed by atoms with Crippen LogP contribution in [0.15, 0.2) is 18.2 Å². The van der Waals surface area contributed by atoms with Crippen LogP contribution in [-0.4, -0.2) is 159 Å². The van der Waals surface area contributed by atoms with Crippen molar-refractivity contribution in [1.82, 2.24) is 14.7 Å². The zero-order chi connectivity index (χ0) is 44.6. The number of carbonyl (C=O) groups excluding carboxylic acids is 2. The van der Waals surface area contributed by atoms with Gasteiger partial charge in [0.1, 0.15) is 23.9 Å². The van der Waals surface area contributed by atoms with Crippen molar-refractivity contribution in [3.05, 3.63) is 28.2 Å². The summed E-state index contributed by atoms with van der Waals surface area (Å²) >= 11 is 12.3. The minimum atomic E-state index is -1.93. The van der Waals surface area contributed by atoms with E-state index in [4.69, 9.17) is 37.4 Å². The van der Waals surface area contributed by atoms with Crippen molar-refractivity contribution in [2.45, 2.75) is 154 Å². The molecule has 1 aromatic carbocycles. The largest absolute Gasteiger partial charge is 0.459 e. The van der Waals surface area contributed by atoms with E-state index < -0.39 is 77.9 Å². The number of benzene rings is 1. The molecule has 6 N–H and O–H groups in total. The lowest BCUT2D eigenvalue weighted by atomic mass is 9.78. The Hall–Kier alpha value is -2.33. The Morgan fingerprint density at radius 1 is 1.08 bits per heavy atom.